The average Bonchev–Trinajstić information content (AvgIpc) is 2.36. The molecule has 1 atom stereocenters. The Kier molecular flexibility index (Phi) is 7.20. The van der Waals surface area contributed by atoms with Crippen molar-refractivity contribution in [2.75, 3.05) is 12.4 Å². The molecule has 6 heteroatoms. The van der Waals surface area contributed by atoms with Crippen LogP contribution in [0.25, 0.3) is 0 Å². The van der Waals surface area contributed by atoms with Crippen molar-refractivity contribution in [2.24, 2.45) is 0 Å². The number of nitrogens with one attached hydrogen (secondary N) is 1. The van der Waals surface area contributed by atoms with Crippen molar-refractivity contribution in [1.29, 1.82) is 0 Å². The lowest BCUT2D eigenvalue weighted by atomic mass is 10.3. The first kappa shape index (κ1) is 16.3. The third-order valence-electron chi connectivity index (χ3n) is 2.22. The van der Waals surface area contributed by atoms with Crippen molar-refractivity contribution in [1.82, 2.24) is 10.3 Å². The van der Waals surface area contributed by atoms with Crippen molar-refractivity contribution >= 4 is 29.3 Å². The van der Waals surface area contributed by atoms with E-state index in [0.29, 0.717) is 17.4 Å². The Balaban J connectivity index is 2.62. The average molecular weight is 303 g/mol. The fourth-order valence-electron chi connectivity index (χ4n) is 1.47. The number of rotatable bonds is 7. The van der Waals surface area contributed by atoms with Crippen LogP contribution in [-0.2, 0) is 9.53 Å². The van der Waals surface area contributed by atoms with Crippen LogP contribution in [0.4, 0.5) is 0 Å². The number of carbonyl (C=O) groups excluding carboxylic acids is 1. The van der Waals surface area contributed by atoms with Crippen molar-refractivity contribution < 1.29 is 9.53 Å². The zero-order valence-electron chi connectivity index (χ0n) is 11.4. The molecule has 19 heavy (non-hydrogen) atoms. The van der Waals surface area contributed by atoms with Crippen molar-refractivity contribution in [3.05, 3.63) is 23.4 Å². The molecule has 1 aromatic rings. The molecule has 1 aromatic heterocycles. The summed E-state index contributed by atoms with van der Waals surface area (Å²) >= 11 is 7.48. The molecule has 0 aliphatic carbocycles. The zero-order chi connectivity index (χ0) is 14.3. The molecule has 1 unspecified atom stereocenters. The van der Waals surface area contributed by atoms with Crippen LogP contribution in [0, 0.1) is 0 Å². The van der Waals surface area contributed by atoms with Gasteiger partial charge in [-0.15, -0.1) is 11.8 Å². The minimum absolute atomic E-state index is 0.203. The number of pyridine rings is 1. The smallest absolute Gasteiger partial charge is 0.324 e. The highest BCUT2D eigenvalue weighted by atomic mass is 35.5. The van der Waals surface area contributed by atoms with Gasteiger partial charge in [-0.05, 0) is 19.1 Å². The molecule has 0 saturated heterocycles. The van der Waals surface area contributed by atoms with Gasteiger partial charge >= 0.3 is 5.97 Å². The molecule has 106 valence electrons. The number of halogens is 1. The summed E-state index contributed by atoms with van der Waals surface area (Å²) in [5.74, 6) is 0.295. The van der Waals surface area contributed by atoms with Gasteiger partial charge in [0, 0.05) is 18.0 Å². The van der Waals surface area contributed by atoms with Crippen molar-refractivity contribution in [2.45, 2.75) is 37.9 Å². The first-order valence-corrected chi connectivity index (χ1v) is 7.57. The van der Waals surface area contributed by atoms with E-state index in [4.69, 9.17) is 16.3 Å². The van der Waals surface area contributed by atoms with Gasteiger partial charge in [-0.3, -0.25) is 4.79 Å². The Morgan fingerprint density at radius 3 is 2.89 bits per heavy atom. The highest BCUT2D eigenvalue weighted by Gasteiger charge is 2.21. The first-order valence-electron chi connectivity index (χ1n) is 6.20. The van der Waals surface area contributed by atoms with E-state index < -0.39 is 0 Å². The van der Waals surface area contributed by atoms with E-state index in [0.717, 1.165) is 5.03 Å². The summed E-state index contributed by atoms with van der Waals surface area (Å²) in [5, 5.41) is 4.51. The van der Waals surface area contributed by atoms with E-state index in [1.165, 1.54) is 11.8 Å². The van der Waals surface area contributed by atoms with Gasteiger partial charge in [0.15, 0.2) is 0 Å². The second kappa shape index (κ2) is 8.40. The minimum atomic E-state index is -0.358. The minimum Gasteiger partial charge on any atom is -0.465 e. The van der Waals surface area contributed by atoms with Gasteiger partial charge < -0.3 is 10.1 Å². The summed E-state index contributed by atoms with van der Waals surface area (Å²) in [6, 6.07) is 3.41. The number of hydrogen-bond acceptors (Lipinski definition) is 5. The van der Waals surface area contributed by atoms with E-state index in [1.807, 2.05) is 13.8 Å². The topological polar surface area (TPSA) is 51.2 Å². The van der Waals surface area contributed by atoms with Crippen LogP contribution >= 0.6 is 23.4 Å². The third kappa shape index (κ3) is 5.80. The molecule has 0 aliphatic heterocycles. The van der Waals surface area contributed by atoms with Crippen LogP contribution < -0.4 is 5.32 Å². The summed E-state index contributed by atoms with van der Waals surface area (Å²) in [5.41, 5.74) is 0. The molecule has 1 N–H and O–H groups in total. The molecule has 0 spiro atoms. The van der Waals surface area contributed by atoms with Crippen LogP contribution in [0.1, 0.15) is 20.8 Å². The molecule has 1 rings (SSSR count). The predicted molar refractivity (Wildman–Crippen MR) is 78.7 cm³/mol. The van der Waals surface area contributed by atoms with Gasteiger partial charge in [0.25, 0.3) is 0 Å². The fourth-order valence-corrected chi connectivity index (χ4v) is 2.65. The molecule has 0 amide bonds. The summed E-state index contributed by atoms with van der Waals surface area (Å²) in [4.78, 5) is 16.0. The van der Waals surface area contributed by atoms with Crippen LogP contribution in [-0.4, -0.2) is 35.4 Å². The summed E-state index contributed by atoms with van der Waals surface area (Å²) in [7, 11) is 0. The maximum Gasteiger partial charge on any atom is 0.324 e. The molecule has 0 aliphatic rings. The van der Waals surface area contributed by atoms with Gasteiger partial charge in [-0.2, -0.15) is 0 Å². The Bertz CT molecular complexity index is 415. The van der Waals surface area contributed by atoms with Crippen LogP contribution in [0.3, 0.4) is 0 Å². The number of hydrogen-bond donors (Lipinski definition) is 1. The predicted octanol–water partition coefficient (Wildman–Crippen LogP) is 2.76. The van der Waals surface area contributed by atoms with Gasteiger partial charge in [0.05, 0.1) is 11.6 Å². The molecule has 1 heterocycles. The largest absolute Gasteiger partial charge is 0.465 e. The number of aromatic nitrogens is 1. The highest BCUT2D eigenvalue weighted by Crippen LogP contribution is 2.24. The highest BCUT2D eigenvalue weighted by molar-refractivity contribution is 7.99. The molecule has 0 fully saturated rings. The SMILES string of the molecule is CCOC(=O)C(CSc1ncccc1Cl)NC(C)C. The first-order chi connectivity index (χ1) is 9.04. The van der Waals surface area contributed by atoms with E-state index in [1.54, 1.807) is 25.3 Å². The fraction of sp³-hybridized carbons (Fsp3) is 0.538. The number of esters is 1. The maximum absolute atomic E-state index is 11.8. The molecule has 4 nitrogen and oxygen atoms in total. The monoisotopic (exact) mass is 302 g/mol. The number of carbonyl (C=O) groups is 1. The van der Waals surface area contributed by atoms with Gasteiger partial charge in [-0.25, -0.2) is 4.98 Å². The van der Waals surface area contributed by atoms with Crippen LogP contribution in [0.15, 0.2) is 23.4 Å². The second-order valence-corrected chi connectivity index (χ2v) is 5.64. The summed E-state index contributed by atoms with van der Waals surface area (Å²) < 4.78 is 5.06. The van der Waals surface area contributed by atoms with E-state index in [-0.39, 0.29) is 18.1 Å². The lowest BCUT2D eigenvalue weighted by Gasteiger charge is -2.19. The Hall–Kier alpha value is -0.780. The number of thioether (sulfide) groups is 1. The molecule has 0 bridgehead atoms. The standard InChI is InChI=1S/C13H19ClN2O2S/c1-4-18-13(17)11(16-9(2)3)8-19-12-10(14)6-5-7-15-12/h5-7,9,11,16H,4,8H2,1-3H3. The molecular formula is C13H19ClN2O2S. The molecular weight excluding hydrogens is 284 g/mol. The molecule has 0 radical (unpaired) electrons. The van der Waals surface area contributed by atoms with E-state index in [9.17, 15) is 4.79 Å². The Morgan fingerprint density at radius 2 is 2.32 bits per heavy atom. The summed E-state index contributed by atoms with van der Waals surface area (Å²) in [6.07, 6.45) is 1.68. The Labute approximate surface area is 123 Å². The lowest BCUT2D eigenvalue weighted by molar-refractivity contribution is -0.145. The van der Waals surface area contributed by atoms with Gasteiger partial charge in [0.1, 0.15) is 11.1 Å². The third-order valence-corrected chi connectivity index (χ3v) is 3.73. The zero-order valence-corrected chi connectivity index (χ0v) is 12.9. The van der Waals surface area contributed by atoms with Gasteiger partial charge in [0.2, 0.25) is 0 Å². The molecule has 0 aromatic carbocycles. The normalized spacial score (nSPS) is 12.5. The van der Waals surface area contributed by atoms with E-state index >= 15 is 0 Å². The summed E-state index contributed by atoms with van der Waals surface area (Å²) in [6.45, 7) is 6.16. The molecule has 0 saturated carbocycles. The van der Waals surface area contributed by atoms with Gasteiger partial charge in [-0.1, -0.05) is 25.4 Å². The van der Waals surface area contributed by atoms with Crippen molar-refractivity contribution in [3.8, 4) is 0 Å². The van der Waals surface area contributed by atoms with Crippen LogP contribution in [0.5, 0.6) is 0 Å². The Morgan fingerprint density at radius 1 is 1.58 bits per heavy atom. The van der Waals surface area contributed by atoms with Crippen LogP contribution in [0.2, 0.25) is 5.02 Å². The number of ether oxygens (including phenoxy) is 1. The lowest BCUT2D eigenvalue weighted by Crippen LogP contribution is -2.43. The second-order valence-electron chi connectivity index (χ2n) is 4.23. The maximum atomic E-state index is 11.8. The number of nitrogens with zero attached hydrogens (tertiary/aromatic N) is 1. The quantitative estimate of drug-likeness (QED) is 0.620. The van der Waals surface area contributed by atoms with E-state index in [2.05, 4.69) is 10.3 Å². The van der Waals surface area contributed by atoms with Crippen molar-refractivity contribution in [3.63, 3.8) is 0 Å².